The summed E-state index contributed by atoms with van der Waals surface area (Å²) in [6, 6.07) is 13.5. The van der Waals surface area contributed by atoms with Crippen LogP contribution in [0.15, 0.2) is 53.4 Å². The van der Waals surface area contributed by atoms with Crippen LogP contribution < -0.4 is 34.3 Å². The van der Waals surface area contributed by atoms with Crippen molar-refractivity contribution in [1.82, 2.24) is 0 Å². The van der Waals surface area contributed by atoms with Crippen LogP contribution in [-0.2, 0) is 16.5 Å². The monoisotopic (exact) mass is 398 g/mol. The molecule has 0 N–H and O–H groups in total. The van der Waals surface area contributed by atoms with Crippen LogP contribution in [0.25, 0.3) is 0 Å². The predicted molar refractivity (Wildman–Crippen MR) is 103 cm³/mol. The van der Waals surface area contributed by atoms with E-state index in [1.54, 1.807) is 0 Å². The molecule has 6 heteroatoms. The zero-order chi connectivity index (χ0) is 18.8. The summed E-state index contributed by atoms with van der Waals surface area (Å²) in [5, 5.41) is 0. The summed E-state index contributed by atoms with van der Waals surface area (Å²) in [4.78, 5) is -0.249. The zero-order valence-electron chi connectivity index (χ0n) is 16.3. The van der Waals surface area contributed by atoms with Gasteiger partial charge in [-0.15, -0.1) is 0 Å². The van der Waals surface area contributed by atoms with Crippen molar-refractivity contribution in [2.24, 2.45) is 0 Å². The second-order valence-electron chi connectivity index (χ2n) is 6.51. The van der Waals surface area contributed by atoms with E-state index in [0.29, 0.717) is 5.75 Å². The molecule has 0 radical (unpaired) electrons. The van der Waals surface area contributed by atoms with Crippen LogP contribution in [0, 0.1) is 0 Å². The van der Waals surface area contributed by atoms with Crippen LogP contribution in [0.5, 0.6) is 11.5 Å². The molecule has 0 unspecified atom stereocenters. The third-order valence-corrected chi connectivity index (χ3v) is 5.21. The Kier molecular flexibility index (Phi) is 11.3. The number of hydrogen-bond acceptors (Lipinski definition) is 4. The molecule has 0 aliphatic rings. The number of para-hydroxylation sites is 1. The van der Waals surface area contributed by atoms with Gasteiger partial charge in [-0.1, -0.05) is 63.6 Å². The number of hydrogen-bond donors (Lipinski definition) is 0. The summed E-state index contributed by atoms with van der Waals surface area (Å²) >= 11 is 0. The van der Waals surface area contributed by atoms with Crippen molar-refractivity contribution in [2.75, 3.05) is 0 Å². The first-order valence-electron chi connectivity index (χ1n) is 9.32. The smallest absolute Gasteiger partial charge is 0.744 e. The molecule has 0 heterocycles. The molecule has 27 heavy (non-hydrogen) atoms. The van der Waals surface area contributed by atoms with Crippen molar-refractivity contribution in [3.05, 3.63) is 54.1 Å². The molecule has 0 saturated carbocycles. The van der Waals surface area contributed by atoms with Crippen LogP contribution in [0.4, 0.5) is 0 Å². The van der Waals surface area contributed by atoms with Crippen molar-refractivity contribution in [3.63, 3.8) is 0 Å². The minimum atomic E-state index is -4.43. The zero-order valence-corrected chi connectivity index (χ0v) is 19.1. The van der Waals surface area contributed by atoms with E-state index in [4.69, 9.17) is 4.74 Å². The van der Waals surface area contributed by atoms with Crippen molar-refractivity contribution < 1.29 is 47.3 Å². The predicted octanol–water partition coefficient (Wildman–Crippen LogP) is 2.68. The molecular formula is C21H27NaO4S. The Morgan fingerprint density at radius 3 is 2.07 bits per heavy atom. The molecule has 0 fully saturated rings. The third-order valence-electron chi connectivity index (χ3n) is 4.36. The maximum absolute atomic E-state index is 11.0. The quantitative estimate of drug-likeness (QED) is 0.332. The summed E-state index contributed by atoms with van der Waals surface area (Å²) in [5.41, 5.74) is 1.14. The van der Waals surface area contributed by atoms with Crippen LogP contribution in [0.2, 0.25) is 0 Å². The topological polar surface area (TPSA) is 66.4 Å². The van der Waals surface area contributed by atoms with E-state index in [2.05, 4.69) is 13.0 Å². The molecule has 0 amide bonds. The third kappa shape index (κ3) is 8.79. The minimum Gasteiger partial charge on any atom is -0.744 e. The number of aryl methyl sites for hydroxylation is 1. The fourth-order valence-corrected chi connectivity index (χ4v) is 3.35. The molecule has 2 aromatic rings. The summed E-state index contributed by atoms with van der Waals surface area (Å²) in [5.74, 6) is 1.29. The van der Waals surface area contributed by atoms with Crippen LogP contribution in [0.1, 0.15) is 57.4 Å². The van der Waals surface area contributed by atoms with Gasteiger partial charge in [0.2, 0.25) is 0 Å². The minimum absolute atomic E-state index is 0. The van der Waals surface area contributed by atoms with Gasteiger partial charge in [0.15, 0.2) is 0 Å². The van der Waals surface area contributed by atoms with Crippen molar-refractivity contribution in [1.29, 1.82) is 0 Å². The van der Waals surface area contributed by atoms with Gasteiger partial charge in [0.25, 0.3) is 0 Å². The van der Waals surface area contributed by atoms with Gasteiger partial charge in [-0.3, -0.25) is 0 Å². The summed E-state index contributed by atoms with van der Waals surface area (Å²) in [7, 11) is -4.43. The number of unbranched alkanes of at least 4 members (excludes halogenated alkanes) is 6. The van der Waals surface area contributed by atoms with Crippen molar-refractivity contribution in [3.8, 4) is 11.5 Å². The molecule has 4 nitrogen and oxygen atoms in total. The fraction of sp³-hybridized carbons (Fsp3) is 0.429. The van der Waals surface area contributed by atoms with E-state index in [-0.39, 0.29) is 34.5 Å². The van der Waals surface area contributed by atoms with E-state index in [0.717, 1.165) is 24.2 Å². The average molecular weight is 399 g/mol. The van der Waals surface area contributed by atoms with E-state index in [9.17, 15) is 13.0 Å². The first kappa shape index (κ1) is 24.2. The molecule has 0 saturated heterocycles. The largest absolute Gasteiger partial charge is 1.00 e. The Balaban J connectivity index is 0.00000364. The molecule has 0 aliphatic carbocycles. The van der Waals surface area contributed by atoms with Crippen molar-refractivity contribution >= 4 is 10.1 Å². The molecule has 0 bridgehead atoms. The molecule has 2 aromatic carbocycles. The maximum atomic E-state index is 11.0. The normalized spacial score (nSPS) is 11.0. The molecule has 0 aromatic heterocycles. The Bertz CT molecular complexity index is 773. The number of ether oxygens (including phenoxy) is 1. The first-order chi connectivity index (χ1) is 12.5. The molecule has 0 spiro atoms. The molecule has 0 aliphatic heterocycles. The van der Waals surface area contributed by atoms with Gasteiger partial charge in [0.1, 0.15) is 21.6 Å². The summed E-state index contributed by atoms with van der Waals surface area (Å²) in [6.07, 6.45) is 9.79. The molecule has 0 atom stereocenters. The SMILES string of the molecule is CCCCCCCCCc1ccccc1Oc1ccc(S(=O)(=O)[O-])cc1.[Na+]. The summed E-state index contributed by atoms with van der Waals surface area (Å²) in [6.45, 7) is 2.23. The second-order valence-corrected chi connectivity index (χ2v) is 7.89. The average Bonchev–Trinajstić information content (AvgIpc) is 2.62. The van der Waals surface area contributed by atoms with Gasteiger partial charge in [-0.05, 0) is 48.7 Å². The Labute approximate surface area is 185 Å². The summed E-state index contributed by atoms with van der Waals surface area (Å²) < 4.78 is 38.9. The van der Waals surface area contributed by atoms with Gasteiger partial charge in [0.05, 0.1) is 4.90 Å². The van der Waals surface area contributed by atoms with E-state index in [1.807, 2.05) is 18.2 Å². The van der Waals surface area contributed by atoms with Crippen LogP contribution >= 0.6 is 0 Å². The standard InChI is InChI=1S/C21H28O4S.Na/c1-2-3-4-5-6-7-8-11-18-12-9-10-13-21(18)25-19-14-16-20(17-15-19)26(22,23)24;/h9-10,12-17H,2-8,11H2,1H3,(H,22,23,24);/q;+1/p-1. The number of benzene rings is 2. The van der Waals surface area contributed by atoms with E-state index in [1.165, 1.54) is 62.8 Å². The van der Waals surface area contributed by atoms with E-state index < -0.39 is 10.1 Å². The van der Waals surface area contributed by atoms with Gasteiger partial charge >= 0.3 is 29.6 Å². The van der Waals surface area contributed by atoms with Gasteiger partial charge in [-0.25, -0.2) is 8.42 Å². The Hall–Kier alpha value is -0.850. The second kappa shape index (κ2) is 12.6. The molecule has 142 valence electrons. The first-order valence-corrected chi connectivity index (χ1v) is 10.7. The van der Waals surface area contributed by atoms with Gasteiger partial charge in [-0.2, -0.15) is 0 Å². The van der Waals surface area contributed by atoms with Gasteiger partial charge in [0, 0.05) is 0 Å². The Morgan fingerprint density at radius 2 is 1.44 bits per heavy atom. The Morgan fingerprint density at radius 1 is 0.852 bits per heavy atom. The van der Waals surface area contributed by atoms with Crippen LogP contribution in [0.3, 0.4) is 0 Å². The fourth-order valence-electron chi connectivity index (χ4n) is 2.88. The number of rotatable bonds is 11. The maximum Gasteiger partial charge on any atom is 1.00 e. The molecule has 2 rings (SSSR count). The van der Waals surface area contributed by atoms with Crippen molar-refractivity contribution in [2.45, 2.75) is 63.2 Å². The molecular weight excluding hydrogens is 371 g/mol. The van der Waals surface area contributed by atoms with Gasteiger partial charge < -0.3 is 9.29 Å². The van der Waals surface area contributed by atoms with Crippen LogP contribution in [-0.4, -0.2) is 13.0 Å². The van der Waals surface area contributed by atoms with E-state index >= 15 is 0 Å².